The highest BCUT2D eigenvalue weighted by Crippen LogP contribution is 2.40. The first-order chi connectivity index (χ1) is 11.4. The van der Waals surface area contributed by atoms with Gasteiger partial charge in [0.15, 0.2) is 0 Å². The fourth-order valence-corrected chi connectivity index (χ4v) is 3.83. The summed E-state index contributed by atoms with van der Waals surface area (Å²) >= 11 is 0. The molecule has 1 atom stereocenters. The summed E-state index contributed by atoms with van der Waals surface area (Å²) in [6, 6.07) is 0.617. The van der Waals surface area contributed by atoms with Crippen LogP contribution in [0.5, 0.6) is 0 Å². The topological polar surface area (TPSA) is 12.0 Å². The average molecular weight is 334 g/mol. The lowest BCUT2D eigenvalue weighted by Crippen LogP contribution is -2.45. The average Bonchev–Trinajstić information content (AvgIpc) is 2.89. The standard InChI is InChI=1S/C23H43N/c1-7-9-11-12-13-14-15-22(24-16-10-8-2)23(5,6)21-17-19(3)20(4)18-21/h17-18,21-22,24H,7-16H2,1-6H3. The minimum Gasteiger partial charge on any atom is -0.313 e. The number of unbranched alkanes of at least 4 members (excludes halogenated alkanes) is 6. The van der Waals surface area contributed by atoms with Gasteiger partial charge in [-0.25, -0.2) is 0 Å². The van der Waals surface area contributed by atoms with Crippen molar-refractivity contribution in [1.29, 1.82) is 0 Å². The van der Waals surface area contributed by atoms with E-state index >= 15 is 0 Å². The molecule has 0 aromatic carbocycles. The molecule has 1 nitrogen and oxygen atoms in total. The van der Waals surface area contributed by atoms with Crippen LogP contribution in [0.2, 0.25) is 0 Å². The molecule has 0 aliphatic heterocycles. The van der Waals surface area contributed by atoms with E-state index in [-0.39, 0.29) is 5.41 Å². The Balaban J connectivity index is 2.59. The number of hydrogen-bond donors (Lipinski definition) is 1. The number of rotatable bonds is 13. The largest absolute Gasteiger partial charge is 0.313 e. The molecule has 1 unspecified atom stereocenters. The molecule has 1 rings (SSSR count). The van der Waals surface area contributed by atoms with E-state index in [1.807, 2.05) is 0 Å². The summed E-state index contributed by atoms with van der Waals surface area (Å²) in [7, 11) is 0. The van der Waals surface area contributed by atoms with E-state index in [9.17, 15) is 0 Å². The fraction of sp³-hybridized carbons (Fsp3) is 0.826. The van der Waals surface area contributed by atoms with Crippen LogP contribution in [0.4, 0.5) is 0 Å². The van der Waals surface area contributed by atoms with E-state index in [0.717, 1.165) is 0 Å². The van der Waals surface area contributed by atoms with Crippen LogP contribution < -0.4 is 5.32 Å². The van der Waals surface area contributed by atoms with Gasteiger partial charge in [0, 0.05) is 12.0 Å². The molecule has 0 amide bonds. The third-order valence-electron chi connectivity index (χ3n) is 6.01. The first kappa shape index (κ1) is 21.5. The van der Waals surface area contributed by atoms with Gasteiger partial charge in [0.2, 0.25) is 0 Å². The maximum atomic E-state index is 3.91. The van der Waals surface area contributed by atoms with Crippen LogP contribution in [0.3, 0.4) is 0 Å². The highest BCUT2D eigenvalue weighted by Gasteiger charge is 2.36. The van der Waals surface area contributed by atoms with Gasteiger partial charge in [-0.05, 0) is 38.6 Å². The molecular weight excluding hydrogens is 290 g/mol. The highest BCUT2D eigenvalue weighted by molar-refractivity contribution is 5.37. The summed E-state index contributed by atoms with van der Waals surface area (Å²) in [5.41, 5.74) is 3.23. The minimum absolute atomic E-state index is 0.288. The smallest absolute Gasteiger partial charge is 0.0127 e. The summed E-state index contributed by atoms with van der Waals surface area (Å²) in [4.78, 5) is 0. The Kier molecular flexibility index (Phi) is 9.96. The van der Waals surface area contributed by atoms with Crippen molar-refractivity contribution in [1.82, 2.24) is 5.32 Å². The van der Waals surface area contributed by atoms with Crippen LogP contribution in [0, 0.1) is 11.3 Å². The van der Waals surface area contributed by atoms with Gasteiger partial charge in [-0.3, -0.25) is 0 Å². The van der Waals surface area contributed by atoms with Gasteiger partial charge in [0.25, 0.3) is 0 Å². The second-order valence-corrected chi connectivity index (χ2v) is 8.46. The summed E-state index contributed by atoms with van der Waals surface area (Å²) in [6.07, 6.45) is 17.2. The van der Waals surface area contributed by atoms with Gasteiger partial charge in [0.1, 0.15) is 0 Å². The molecule has 0 fully saturated rings. The van der Waals surface area contributed by atoms with Gasteiger partial charge in [0.05, 0.1) is 0 Å². The molecule has 0 heterocycles. The maximum absolute atomic E-state index is 3.91. The van der Waals surface area contributed by atoms with E-state index in [1.165, 1.54) is 75.5 Å². The Hall–Kier alpha value is -0.560. The molecule has 1 aliphatic rings. The molecule has 0 spiro atoms. The predicted octanol–water partition coefficient (Wildman–Crippen LogP) is 7.04. The van der Waals surface area contributed by atoms with Crippen molar-refractivity contribution in [3.8, 4) is 0 Å². The van der Waals surface area contributed by atoms with Crippen LogP contribution in [-0.2, 0) is 0 Å². The van der Waals surface area contributed by atoms with Crippen molar-refractivity contribution in [3.05, 3.63) is 23.3 Å². The quantitative estimate of drug-likeness (QED) is 0.356. The highest BCUT2D eigenvalue weighted by atomic mass is 14.9. The molecule has 0 aromatic rings. The SMILES string of the molecule is CCCCCCCCC(NCCCC)C(C)(C)C1C=C(C)C(C)=C1. The molecule has 1 N–H and O–H groups in total. The molecule has 0 bridgehead atoms. The van der Waals surface area contributed by atoms with E-state index < -0.39 is 0 Å². The van der Waals surface area contributed by atoms with Crippen molar-refractivity contribution >= 4 is 0 Å². The molecule has 140 valence electrons. The number of nitrogens with one attached hydrogen (secondary N) is 1. The van der Waals surface area contributed by atoms with Crippen LogP contribution in [-0.4, -0.2) is 12.6 Å². The van der Waals surface area contributed by atoms with Crippen molar-refractivity contribution in [2.24, 2.45) is 11.3 Å². The molecule has 1 heteroatoms. The molecule has 24 heavy (non-hydrogen) atoms. The van der Waals surface area contributed by atoms with Crippen LogP contribution >= 0.6 is 0 Å². The van der Waals surface area contributed by atoms with Crippen molar-refractivity contribution in [2.45, 2.75) is 105 Å². The lowest BCUT2D eigenvalue weighted by atomic mass is 9.71. The molecule has 0 saturated carbocycles. The van der Waals surface area contributed by atoms with Gasteiger partial charge >= 0.3 is 0 Å². The third-order valence-corrected chi connectivity index (χ3v) is 6.01. The third kappa shape index (κ3) is 6.75. The van der Waals surface area contributed by atoms with Crippen molar-refractivity contribution < 1.29 is 0 Å². The number of hydrogen-bond acceptors (Lipinski definition) is 1. The normalized spacial score (nSPS) is 17.1. The number of allylic oxidation sites excluding steroid dienone is 4. The molecular formula is C23H43N. The van der Waals surface area contributed by atoms with Crippen molar-refractivity contribution in [2.75, 3.05) is 6.54 Å². The van der Waals surface area contributed by atoms with Gasteiger partial charge in [-0.1, -0.05) is 95.9 Å². The Morgan fingerprint density at radius 1 is 0.875 bits per heavy atom. The summed E-state index contributed by atoms with van der Waals surface area (Å²) in [6.45, 7) is 15.2. The minimum atomic E-state index is 0.288. The zero-order chi connectivity index (χ0) is 18.0. The van der Waals surface area contributed by atoms with E-state index in [4.69, 9.17) is 0 Å². The first-order valence-corrected chi connectivity index (χ1v) is 10.5. The van der Waals surface area contributed by atoms with Gasteiger partial charge in [-0.15, -0.1) is 0 Å². The first-order valence-electron chi connectivity index (χ1n) is 10.5. The van der Waals surface area contributed by atoms with Gasteiger partial charge < -0.3 is 5.32 Å². The molecule has 1 aliphatic carbocycles. The molecule has 0 aromatic heterocycles. The zero-order valence-corrected chi connectivity index (χ0v) is 17.4. The monoisotopic (exact) mass is 333 g/mol. The Bertz CT molecular complexity index is 384. The van der Waals surface area contributed by atoms with E-state index in [2.05, 4.69) is 59.0 Å². The lowest BCUT2D eigenvalue weighted by molar-refractivity contribution is 0.187. The lowest BCUT2D eigenvalue weighted by Gasteiger charge is -2.39. The summed E-state index contributed by atoms with van der Waals surface area (Å²) in [5.74, 6) is 0.580. The second kappa shape index (κ2) is 11.1. The molecule has 0 saturated heterocycles. The van der Waals surface area contributed by atoms with Gasteiger partial charge in [-0.2, -0.15) is 0 Å². The Labute approximate surface area is 152 Å². The fourth-order valence-electron chi connectivity index (χ4n) is 3.83. The Morgan fingerprint density at radius 2 is 1.42 bits per heavy atom. The Morgan fingerprint density at radius 3 is 2.00 bits per heavy atom. The van der Waals surface area contributed by atoms with E-state index in [1.54, 1.807) is 0 Å². The molecule has 0 radical (unpaired) electrons. The van der Waals surface area contributed by atoms with Crippen LogP contribution in [0.15, 0.2) is 23.3 Å². The summed E-state index contributed by atoms with van der Waals surface area (Å²) < 4.78 is 0. The van der Waals surface area contributed by atoms with Crippen LogP contribution in [0.25, 0.3) is 0 Å². The van der Waals surface area contributed by atoms with E-state index in [0.29, 0.717) is 12.0 Å². The van der Waals surface area contributed by atoms with Crippen molar-refractivity contribution in [3.63, 3.8) is 0 Å². The zero-order valence-electron chi connectivity index (χ0n) is 17.4. The second-order valence-electron chi connectivity index (χ2n) is 8.46. The van der Waals surface area contributed by atoms with Crippen LogP contribution in [0.1, 0.15) is 99.3 Å². The predicted molar refractivity (Wildman–Crippen MR) is 109 cm³/mol. The maximum Gasteiger partial charge on any atom is 0.0127 e. The summed E-state index contributed by atoms with van der Waals surface area (Å²) in [5, 5.41) is 3.91.